The fourth-order valence-corrected chi connectivity index (χ4v) is 2.90. The predicted octanol–water partition coefficient (Wildman–Crippen LogP) is 7.09. The molecule has 0 N–H and O–H groups in total. The van der Waals surface area contributed by atoms with Gasteiger partial charge in [0.25, 0.3) is 0 Å². The van der Waals surface area contributed by atoms with E-state index in [0.717, 1.165) is 12.0 Å². The van der Waals surface area contributed by atoms with E-state index in [1.54, 1.807) is 0 Å². The molecule has 0 aliphatic heterocycles. The average molecular weight is 317 g/mol. The normalized spacial score (nSPS) is 11.7. The van der Waals surface area contributed by atoms with Crippen LogP contribution in [0.5, 0.6) is 0 Å². The fourth-order valence-electron chi connectivity index (χ4n) is 2.90. The SMILES string of the molecule is CCCCCCCCCCCC(=O)c1ccc(C(C)(C)C)cc1. The molecule has 0 saturated heterocycles. The summed E-state index contributed by atoms with van der Waals surface area (Å²) in [6.07, 6.45) is 12.4. The Bertz CT molecular complexity index is 436. The van der Waals surface area contributed by atoms with Gasteiger partial charge in [0.05, 0.1) is 0 Å². The van der Waals surface area contributed by atoms with Crippen LogP contribution in [0.3, 0.4) is 0 Å². The third-order valence-corrected chi connectivity index (χ3v) is 4.58. The van der Waals surface area contributed by atoms with Crippen LogP contribution >= 0.6 is 0 Å². The van der Waals surface area contributed by atoms with Crippen molar-refractivity contribution in [1.82, 2.24) is 0 Å². The molecule has 1 nitrogen and oxygen atoms in total. The van der Waals surface area contributed by atoms with Crippen LogP contribution in [0, 0.1) is 0 Å². The van der Waals surface area contributed by atoms with E-state index in [1.807, 2.05) is 12.1 Å². The maximum atomic E-state index is 12.2. The molecule has 0 unspecified atom stereocenters. The molecule has 1 rings (SSSR count). The van der Waals surface area contributed by atoms with Crippen LogP contribution in [-0.2, 0) is 5.41 Å². The van der Waals surface area contributed by atoms with Crippen molar-refractivity contribution in [2.24, 2.45) is 0 Å². The number of benzene rings is 1. The second kappa shape index (κ2) is 10.6. The zero-order valence-corrected chi connectivity index (χ0v) is 15.8. The zero-order valence-electron chi connectivity index (χ0n) is 15.8. The van der Waals surface area contributed by atoms with E-state index in [1.165, 1.54) is 56.9 Å². The third-order valence-electron chi connectivity index (χ3n) is 4.58. The standard InChI is InChI=1S/C22H36O/c1-5-6-7-8-9-10-11-12-13-14-21(23)19-15-17-20(18-16-19)22(2,3)4/h15-18H,5-14H2,1-4H3. The molecule has 0 aliphatic rings. The molecule has 23 heavy (non-hydrogen) atoms. The molecule has 0 atom stereocenters. The molecule has 1 heteroatoms. The monoisotopic (exact) mass is 316 g/mol. The summed E-state index contributed by atoms with van der Waals surface area (Å²) in [5.74, 6) is 0.299. The lowest BCUT2D eigenvalue weighted by Gasteiger charge is -2.18. The Morgan fingerprint density at radius 1 is 0.783 bits per heavy atom. The highest BCUT2D eigenvalue weighted by Crippen LogP contribution is 2.22. The first-order valence-electron chi connectivity index (χ1n) is 9.59. The fraction of sp³-hybridized carbons (Fsp3) is 0.682. The van der Waals surface area contributed by atoms with Crippen LogP contribution < -0.4 is 0 Å². The van der Waals surface area contributed by atoms with Crippen molar-refractivity contribution in [1.29, 1.82) is 0 Å². The van der Waals surface area contributed by atoms with Crippen molar-refractivity contribution in [3.8, 4) is 0 Å². The number of carbonyl (C=O) groups excluding carboxylic acids is 1. The lowest BCUT2D eigenvalue weighted by molar-refractivity contribution is 0.0979. The van der Waals surface area contributed by atoms with Crippen LogP contribution in [-0.4, -0.2) is 5.78 Å². The largest absolute Gasteiger partial charge is 0.294 e. The average Bonchev–Trinajstić information content (AvgIpc) is 2.52. The van der Waals surface area contributed by atoms with Gasteiger partial charge in [0.1, 0.15) is 0 Å². The summed E-state index contributed by atoms with van der Waals surface area (Å²) < 4.78 is 0. The number of hydrogen-bond donors (Lipinski definition) is 0. The Kier molecular flexibility index (Phi) is 9.21. The first-order chi connectivity index (χ1) is 10.9. The molecular weight excluding hydrogens is 280 g/mol. The quantitative estimate of drug-likeness (QED) is 0.314. The van der Waals surface area contributed by atoms with Crippen LogP contribution in [0.1, 0.15) is 108 Å². The molecule has 0 radical (unpaired) electrons. The van der Waals surface area contributed by atoms with Crippen molar-refractivity contribution in [3.63, 3.8) is 0 Å². The van der Waals surface area contributed by atoms with Crippen molar-refractivity contribution in [3.05, 3.63) is 35.4 Å². The number of rotatable bonds is 11. The summed E-state index contributed by atoms with van der Waals surface area (Å²) in [5, 5.41) is 0. The van der Waals surface area contributed by atoms with E-state index in [2.05, 4.69) is 39.8 Å². The topological polar surface area (TPSA) is 17.1 Å². The van der Waals surface area contributed by atoms with Crippen molar-refractivity contribution < 1.29 is 4.79 Å². The summed E-state index contributed by atoms with van der Waals surface area (Å²) in [4.78, 5) is 12.2. The van der Waals surface area contributed by atoms with E-state index < -0.39 is 0 Å². The number of ketones is 1. The Balaban J connectivity index is 2.17. The van der Waals surface area contributed by atoms with Gasteiger partial charge in [0.15, 0.2) is 5.78 Å². The molecule has 0 aliphatic carbocycles. The minimum absolute atomic E-state index is 0.151. The zero-order chi connectivity index (χ0) is 17.1. The second-order valence-corrected chi connectivity index (χ2v) is 7.83. The third kappa shape index (κ3) is 8.34. The first kappa shape index (κ1) is 19.9. The van der Waals surface area contributed by atoms with Gasteiger partial charge in [-0.25, -0.2) is 0 Å². The molecule has 0 saturated carbocycles. The van der Waals surface area contributed by atoms with Gasteiger partial charge in [-0.3, -0.25) is 4.79 Å². The molecule has 0 aromatic heterocycles. The molecule has 0 spiro atoms. The number of carbonyl (C=O) groups is 1. The number of unbranched alkanes of at least 4 members (excludes halogenated alkanes) is 8. The van der Waals surface area contributed by atoms with Crippen LogP contribution in [0.2, 0.25) is 0 Å². The Morgan fingerprint density at radius 2 is 1.26 bits per heavy atom. The van der Waals surface area contributed by atoms with E-state index in [9.17, 15) is 4.79 Å². The summed E-state index contributed by atoms with van der Waals surface area (Å²) in [7, 11) is 0. The predicted molar refractivity (Wildman–Crippen MR) is 101 cm³/mol. The molecule has 0 bridgehead atoms. The number of hydrogen-bond acceptors (Lipinski definition) is 1. The lowest BCUT2D eigenvalue weighted by Crippen LogP contribution is -2.11. The minimum atomic E-state index is 0.151. The summed E-state index contributed by atoms with van der Waals surface area (Å²) >= 11 is 0. The first-order valence-corrected chi connectivity index (χ1v) is 9.59. The highest BCUT2D eigenvalue weighted by Gasteiger charge is 2.14. The highest BCUT2D eigenvalue weighted by molar-refractivity contribution is 5.96. The number of Topliss-reactive ketones (excluding diaryl/α,β-unsaturated/α-hetero) is 1. The van der Waals surface area contributed by atoms with E-state index in [4.69, 9.17) is 0 Å². The van der Waals surface area contributed by atoms with Gasteiger partial charge in [-0.15, -0.1) is 0 Å². The van der Waals surface area contributed by atoms with Gasteiger partial charge in [0.2, 0.25) is 0 Å². The van der Waals surface area contributed by atoms with Crippen LogP contribution in [0.4, 0.5) is 0 Å². The molecule has 0 heterocycles. The molecule has 1 aromatic rings. The van der Waals surface area contributed by atoms with Crippen molar-refractivity contribution >= 4 is 5.78 Å². The Labute approximate surface area is 143 Å². The van der Waals surface area contributed by atoms with E-state index >= 15 is 0 Å². The molecule has 0 fully saturated rings. The Morgan fingerprint density at radius 3 is 1.74 bits per heavy atom. The van der Waals surface area contributed by atoms with Crippen molar-refractivity contribution in [2.75, 3.05) is 0 Å². The van der Waals surface area contributed by atoms with Gasteiger partial charge in [0, 0.05) is 12.0 Å². The highest BCUT2D eigenvalue weighted by atomic mass is 16.1. The molecule has 0 amide bonds. The maximum Gasteiger partial charge on any atom is 0.162 e. The van der Waals surface area contributed by atoms with Gasteiger partial charge in [-0.2, -0.15) is 0 Å². The second-order valence-electron chi connectivity index (χ2n) is 7.83. The van der Waals surface area contributed by atoms with Gasteiger partial charge in [-0.1, -0.05) is 103 Å². The van der Waals surface area contributed by atoms with Crippen LogP contribution in [0.25, 0.3) is 0 Å². The lowest BCUT2D eigenvalue weighted by atomic mass is 9.86. The van der Waals surface area contributed by atoms with Gasteiger partial charge >= 0.3 is 0 Å². The van der Waals surface area contributed by atoms with Gasteiger partial charge in [-0.05, 0) is 17.4 Å². The molecule has 1 aromatic carbocycles. The molecular formula is C22H36O. The summed E-state index contributed by atoms with van der Waals surface area (Å²) in [6.45, 7) is 8.86. The minimum Gasteiger partial charge on any atom is -0.294 e. The summed E-state index contributed by atoms with van der Waals surface area (Å²) in [5.41, 5.74) is 2.31. The van der Waals surface area contributed by atoms with Crippen LogP contribution in [0.15, 0.2) is 24.3 Å². The molecule has 130 valence electrons. The van der Waals surface area contributed by atoms with Crippen molar-refractivity contribution in [2.45, 2.75) is 97.3 Å². The smallest absolute Gasteiger partial charge is 0.162 e. The van der Waals surface area contributed by atoms with E-state index in [0.29, 0.717) is 12.2 Å². The Hall–Kier alpha value is -1.11. The van der Waals surface area contributed by atoms with E-state index in [-0.39, 0.29) is 5.41 Å². The summed E-state index contributed by atoms with van der Waals surface area (Å²) in [6, 6.07) is 8.19. The van der Waals surface area contributed by atoms with Gasteiger partial charge < -0.3 is 0 Å². The maximum absolute atomic E-state index is 12.2.